The minimum Gasteiger partial charge on any atom is -0.352 e. The fraction of sp³-hybridized carbons (Fsp3) is 0.350. The minimum atomic E-state index is -0.0481. The molecule has 0 fully saturated rings. The molecule has 0 atom stereocenters. The zero-order valence-corrected chi connectivity index (χ0v) is 14.2. The van der Waals surface area contributed by atoms with Crippen molar-refractivity contribution in [3.63, 3.8) is 0 Å². The SMILES string of the molecule is CC(C)(C)c1ccc(-c2ccc(C(=O)NCCCN)cc2)cc1. The highest BCUT2D eigenvalue weighted by atomic mass is 16.1. The van der Waals surface area contributed by atoms with Gasteiger partial charge in [0, 0.05) is 12.1 Å². The number of rotatable bonds is 5. The Labute approximate surface area is 138 Å². The average molecular weight is 310 g/mol. The highest BCUT2D eigenvalue weighted by Gasteiger charge is 2.13. The van der Waals surface area contributed by atoms with Crippen LogP contribution in [0.15, 0.2) is 48.5 Å². The first-order chi connectivity index (χ1) is 10.9. The largest absolute Gasteiger partial charge is 0.352 e. The maximum absolute atomic E-state index is 12.0. The highest BCUT2D eigenvalue weighted by molar-refractivity contribution is 5.94. The Morgan fingerprint density at radius 1 is 0.957 bits per heavy atom. The molecule has 122 valence electrons. The fourth-order valence-corrected chi connectivity index (χ4v) is 2.38. The predicted octanol–water partition coefficient (Wildman–Crippen LogP) is 3.73. The number of nitrogens with one attached hydrogen (secondary N) is 1. The minimum absolute atomic E-state index is 0.0481. The van der Waals surface area contributed by atoms with Gasteiger partial charge in [-0.3, -0.25) is 4.79 Å². The lowest BCUT2D eigenvalue weighted by Gasteiger charge is -2.19. The lowest BCUT2D eigenvalue weighted by Crippen LogP contribution is -2.25. The van der Waals surface area contributed by atoms with Gasteiger partial charge in [-0.05, 0) is 47.2 Å². The summed E-state index contributed by atoms with van der Waals surface area (Å²) >= 11 is 0. The van der Waals surface area contributed by atoms with Crippen molar-refractivity contribution in [2.75, 3.05) is 13.1 Å². The Morgan fingerprint density at radius 3 is 1.96 bits per heavy atom. The van der Waals surface area contributed by atoms with Crippen LogP contribution in [0.2, 0.25) is 0 Å². The van der Waals surface area contributed by atoms with Gasteiger partial charge < -0.3 is 11.1 Å². The van der Waals surface area contributed by atoms with Crippen molar-refractivity contribution in [1.82, 2.24) is 5.32 Å². The summed E-state index contributed by atoms with van der Waals surface area (Å²) in [6, 6.07) is 16.3. The number of benzene rings is 2. The van der Waals surface area contributed by atoms with E-state index in [-0.39, 0.29) is 11.3 Å². The van der Waals surface area contributed by atoms with Crippen LogP contribution >= 0.6 is 0 Å². The summed E-state index contributed by atoms with van der Waals surface area (Å²) in [5, 5.41) is 2.86. The molecular weight excluding hydrogens is 284 g/mol. The maximum Gasteiger partial charge on any atom is 0.251 e. The summed E-state index contributed by atoms with van der Waals surface area (Å²) in [4.78, 5) is 12.0. The first-order valence-corrected chi connectivity index (χ1v) is 8.11. The summed E-state index contributed by atoms with van der Waals surface area (Å²) in [6.07, 6.45) is 0.796. The number of amides is 1. The molecule has 0 saturated heterocycles. The van der Waals surface area contributed by atoms with Crippen LogP contribution in [0.5, 0.6) is 0 Å². The molecule has 0 spiro atoms. The lowest BCUT2D eigenvalue weighted by atomic mass is 9.86. The first kappa shape index (κ1) is 17.2. The van der Waals surface area contributed by atoms with E-state index in [1.165, 1.54) is 5.56 Å². The molecule has 23 heavy (non-hydrogen) atoms. The van der Waals surface area contributed by atoms with E-state index in [0.29, 0.717) is 18.7 Å². The monoisotopic (exact) mass is 310 g/mol. The van der Waals surface area contributed by atoms with E-state index in [1.54, 1.807) is 0 Å². The van der Waals surface area contributed by atoms with Crippen molar-refractivity contribution in [3.8, 4) is 11.1 Å². The summed E-state index contributed by atoms with van der Waals surface area (Å²) in [5.41, 5.74) is 9.85. The van der Waals surface area contributed by atoms with E-state index in [2.05, 4.69) is 50.4 Å². The molecular formula is C20H26N2O. The zero-order chi connectivity index (χ0) is 16.9. The third-order valence-electron chi connectivity index (χ3n) is 3.90. The lowest BCUT2D eigenvalue weighted by molar-refractivity contribution is 0.0953. The van der Waals surface area contributed by atoms with Crippen LogP contribution in [0.25, 0.3) is 11.1 Å². The molecule has 0 aliphatic rings. The third kappa shape index (κ3) is 4.67. The van der Waals surface area contributed by atoms with Crippen LogP contribution in [-0.4, -0.2) is 19.0 Å². The van der Waals surface area contributed by atoms with E-state index < -0.39 is 0 Å². The Hall–Kier alpha value is -2.13. The summed E-state index contributed by atoms with van der Waals surface area (Å²) < 4.78 is 0. The summed E-state index contributed by atoms with van der Waals surface area (Å²) in [7, 11) is 0. The second-order valence-electron chi connectivity index (χ2n) is 6.80. The van der Waals surface area contributed by atoms with Gasteiger partial charge in [0.1, 0.15) is 0 Å². The third-order valence-corrected chi connectivity index (χ3v) is 3.90. The smallest absolute Gasteiger partial charge is 0.251 e. The van der Waals surface area contributed by atoms with Crippen LogP contribution in [0.4, 0.5) is 0 Å². The van der Waals surface area contributed by atoms with E-state index in [9.17, 15) is 4.79 Å². The number of carbonyl (C=O) groups is 1. The van der Waals surface area contributed by atoms with Gasteiger partial charge in [-0.25, -0.2) is 0 Å². The van der Waals surface area contributed by atoms with Crippen molar-refractivity contribution in [2.45, 2.75) is 32.6 Å². The maximum atomic E-state index is 12.0. The Bertz CT molecular complexity index is 637. The van der Waals surface area contributed by atoms with Crippen LogP contribution in [0, 0.1) is 0 Å². The van der Waals surface area contributed by atoms with Crippen LogP contribution < -0.4 is 11.1 Å². The van der Waals surface area contributed by atoms with E-state index in [1.807, 2.05) is 24.3 Å². The van der Waals surface area contributed by atoms with E-state index in [4.69, 9.17) is 5.73 Å². The number of hydrogen-bond acceptors (Lipinski definition) is 2. The molecule has 0 aliphatic heterocycles. The Morgan fingerprint density at radius 2 is 1.48 bits per heavy atom. The second-order valence-corrected chi connectivity index (χ2v) is 6.80. The topological polar surface area (TPSA) is 55.1 Å². The molecule has 1 amide bonds. The van der Waals surface area contributed by atoms with Crippen LogP contribution in [0.3, 0.4) is 0 Å². The zero-order valence-electron chi connectivity index (χ0n) is 14.2. The quantitative estimate of drug-likeness (QED) is 0.827. The van der Waals surface area contributed by atoms with Crippen molar-refractivity contribution in [1.29, 1.82) is 0 Å². The molecule has 3 heteroatoms. The first-order valence-electron chi connectivity index (χ1n) is 8.11. The van der Waals surface area contributed by atoms with Gasteiger partial charge >= 0.3 is 0 Å². The van der Waals surface area contributed by atoms with Crippen molar-refractivity contribution >= 4 is 5.91 Å². The Kier molecular flexibility index (Phi) is 5.56. The molecule has 0 aromatic heterocycles. The molecule has 3 N–H and O–H groups in total. The molecule has 0 heterocycles. The second kappa shape index (κ2) is 7.42. The van der Waals surface area contributed by atoms with Crippen LogP contribution in [-0.2, 0) is 5.41 Å². The van der Waals surface area contributed by atoms with Gasteiger partial charge in [-0.2, -0.15) is 0 Å². The average Bonchev–Trinajstić information content (AvgIpc) is 2.54. The van der Waals surface area contributed by atoms with E-state index in [0.717, 1.165) is 17.5 Å². The molecule has 2 aromatic rings. The summed E-state index contributed by atoms with van der Waals surface area (Å²) in [6.45, 7) is 7.83. The van der Waals surface area contributed by atoms with Gasteiger partial charge in [0.15, 0.2) is 0 Å². The van der Waals surface area contributed by atoms with Crippen molar-refractivity contribution in [2.24, 2.45) is 5.73 Å². The van der Waals surface area contributed by atoms with Crippen molar-refractivity contribution < 1.29 is 4.79 Å². The Balaban J connectivity index is 2.09. The highest BCUT2D eigenvalue weighted by Crippen LogP contribution is 2.26. The van der Waals surface area contributed by atoms with Gasteiger partial charge in [0.2, 0.25) is 0 Å². The van der Waals surface area contributed by atoms with Gasteiger partial charge in [0.25, 0.3) is 5.91 Å². The molecule has 0 radical (unpaired) electrons. The van der Waals surface area contributed by atoms with Gasteiger partial charge in [-0.1, -0.05) is 57.2 Å². The predicted molar refractivity (Wildman–Crippen MR) is 96.6 cm³/mol. The number of carbonyl (C=O) groups excluding carboxylic acids is 1. The molecule has 0 saturated carbocycles. The van der Waals surface area contributed by atoms with E-state index >= 15 is 0 Å². The normalized spacial score (nSPS) is 11.3. The van der Waals surface area contributed by atoms with Crippen molar-refractivity contribution in [3.05, 3.63) is 59.7 Å². The van der Waals surface area contributed by atoms with Gasteiger partial charge in [0.05, 0.1) is 0 Å². The summed E-state index contributed by atoms with van der Waals surface area (Å²) in [5.74, 6) is -0.0481. The fourth-order valence-electron chi connectivity index (χ4n) is 2.38. The molecule has 0 unspecified atom stereocenters. The molecule has 2 rings (SSSR count). The standard InChI is InChI=1S/C20H26N2O/c1-20(2,3)18-11-9-16(10-12-18)15-5-7-17(8-6-15)19(23)22-14-4-13-21/h5-12H,4,13-14,21H2,1-3H3,(H,22,23). The van der Waals surface area contributed by atoms with Gasteiger partial charge in [-0.15, -0.1) is 0 Å². The van der Waals surface area contributed by atoms with Crippen LogP contribution in [0.1, 0.15) is 43.1 Å². The molecule has 0 bridgehead atoms. The molecule has 3 nitrogen and oxygen atoms in total. The number of nitrogens with two attached hydrogens (primary N) is 1. The molecule has 0 aliphatic carbocycles. The molecule has 2 aromatic carbocycles. The number of hydrogen-bond donors (Lipinski definition) is 2.